The molecule has 0 bridgehead atoms. The fourth-order valence-electron chi connectivity index (χ4n) is 1.73. The van der Waals surface area contributed by atoms with E-state index in [1.807, 2.05) is 11.8 Å². The number of morpholine rings is 1. The molecule has 2 N–H and O–H groups in total. The van der Waals surface area contributed by atoms with Crippen molar-refractivity contribution in [2.45, 2.75) is 32.7 Å². The molecule has 1 heterocycles. The number of nitrogens with zero attached hydrogens (tertiary/aromatic N) is 1. The predicted octanol–water partition coefficient (Wildman–Crippen LogP) is 0.609. The van der Waals surface area contributed by atoms with Crippen molar-refractivity contribution < 1.29 is 9.53 Å². The average Bonchev–Trinajstić information content (AvgIpc) is 2.26. The van der Waals surface area contributed by atoms with Gasteiger partial charge in [-0.2, -0.15) is 0 Å². The summed E-state index contributed by atoms with van der Waals surface area (Å²) in [5.41, 5.74) is 5.52. The first-order valence-electron chi connectivity index (χ1n) is 5.72. The summed E-state index contributed by atoms with van der Waals surface area (Å²) in [5, 5.41) is 0. The molecular formula is C11H22N2O2. The van der Waals surface area contributed by atoms with E-state index in [1.54, 1.807) is 0 Å². The van der Waals surface area contributed by atoms with Gasteiger partial charge in [0.1, 0.15) is 0 Å². The Kier molecular flexibility index (Phi) is 5.05. The minimum absolute atomic E-state index is 0.222. The topological polar surface area (TPSA) is 55.6 Å². The normalized spacial score (nSPS) is 23.9. The molecule has 0 aromatic heterocycles. The molecule has 1 rings (SSSR count). The van der Waals surface area contributed by atoms with Crippen molar-refractivity contribution in [1.29, 1.82) is 0 Å². The molecule has 0 spiro atoms. The van der Waals surface area contributed by atoms with E-state index in [2.05, 4.69) is 6.92 Å². The van der Waals surface area contributed by atoms with Crippen LogP contribution in [0, 0.1) is 5.92 Å². The SMILES string of the molecule is CC(CN)CCC(=O)N1CCOC[C@H]1C. The Bertz CT molecular complexity index is 209. The van der Waals surface area contributed by atoms with Gasteiger partial charge in [-0.1, -0.05) is 6.92 Å². The number of rotatable bonds is 4. The lowest BCUT2D eigenvalue weighted by Gasteiger charge is -2.33. The van der Waals surface area contributed by atoms with E-state index >= 15 is 0 Å². The Labute approximate surface area is 91.8 Å². The van der Waals surface area contributed by atoms with Gasteiger partial charge in [0.25, 0.3) is 0 Å². The van der Waals surface area contributed by atoms with Gasteiger partial charge in [-0.05, 0) is 25.8 Å². The maximum atomic E-state index is 11.9. The lowest BCUT2D eigenvalue weighted by molar-refractivity contribution is -0.139. The third kappa shape index (κ3) is 3.80. The minimum Gasteiger partial charge on any atom is -0.377 e. The number of carbonyl (C=O) groups is 1. The molecule has 1 fully saturated rings. The summed E-state index contributed by atoms with van der Waals surface area (Å²) in [6, 6.07) is 0.222. The lowest BCUT2D eigenvalue weighted by Crippen LogP contribution is -2.47. The van der Waals surface area contributed by atoms with Crippen LogP contribution in [0.2, 0.25) is 0 Å². The van der Waals surface area contributed by atoms with Crippen molar-refractivity contribution in [2.24, 2.45) is 11.7 Å². The van der Waals surface area contributed by atoms with Crippen LogP contribution in [0.15, 0.2) is 0 Å². The zero-order valence-corrected chi connectivity index (χ0v) is 9.74. The Morgan fingerprint density at radius 3 is 3.00 bits per heavy atom. The summed E-state index contributed by atoms with van der Waals surface area (Å²) in [5.74, 6) is 0.677. The van der Waals surface area contributed by atoms with Gasteiger partial charge in [0.15, 0.2) is 0 Å². The monoisotopic (exact) mass is 214 g/mol. The van der Waals surface area contributed by atoms with Crippen molar-refractivity contribution in [1.82, 2.24) is 4.90 Å². The Morgan fingerprint density at radius 1 is 1.67 bits per heavy atom. The van der Waals surface area contributed by atoms with Crippen LogP contribution in [0.25, 0.3) is 0 Å². The first-order valence-corrected chi connectivity index (χ1v) is 5.72. The van der Waals surface area contributed by atoms with Crippen molar-refractivity contribution in [2.75, 3.05) is 26.3 Å². The summed E-state index contributed by atoms with van der Waals surface area (Å²) in [6.45, 7) is 6.84. The molecule has 15 heavy (non-hydrogen) atoms. The summed E-state index contributed by atoms with van der Waals surface area (Å²) >= 11 is 0. The molecule has 0 aromatic carbocycles. The highest BCUT2D eigenvalue weighted by atomic mass is 16.5. The van der Waals surface area contributed by atoms with Crippen LogP contribution in [0.4, 0.5) is 0 Å². The Hall–Kier alpha value is -0.610. The fraction of sp³-hybridized carbons (Fsp3) is 0.909. The third-order valence-corrected chi connectivity index (χ3v) is 2.94. The van der Waals surface area contributed by atoms with Gasteiger partial charge in [-0.3, -0.25) is 4.79 Å². The Morgan fingerprint density at radius 2 is 2.40 bits per heavy atom. The van der Waals surface area contributed by atoms with Crippen LogP contribution in [0.3, 0.4) is 0 Å². The largest absolute Gasteiger partial charge is 0.377 e. The molecular weight excluding hydrogens is 192 g/mol. The molecule has 1 aliphatic heterocycles. The van der Waals surface area contributed by atoms with Crippen molar-refractivity contribution in [3.05, 3.63) is 0 Å². The zero-order chi connectivity index (χ0) is 11.3. The molecule has 1 unspecified atom stereocenters. The molecule has 4 nitrogen and oxygen atoms in total. The van der Waals surface area contributed by atoms with Crippen LogP contribution in [0.1, 0.15) is 26.7 Å². The number of carbonyl (C=O) groups excluding carboxylic acids is 1. The van der Waals surface area contributed by atoms with Crippen molar-refractivity contribution in [3.63, 3.8) is 0 Å². The Balaban J connectivity index is 2.32. The summed E-state index contributed by atoms with van der Waals surface area (Å²) < 4.78 is 5.30. The van der Waals surface area contributed by atoms with E-state index in [0.717, 1.165) is 13.0 Å². The molecule has 0 radical (unpaired) electrons. The second kappa shape index (κ2) is 6.08. The highest BCUT2D eigenvalue weighted by Crippen LogP contribution is 2.11. The van der Waals surface area contributed by atoms with E-state index in [9.17, 15) is 4.79 Å². The quantitative estimate of drug-likeness (QED) is 0.746. The molecule has 1 amide bonds. The van der Waals surface area contributed by atoms with E-state index in [0.29, 0.717) is 32.1 Å². The van der Waals surface area contributed by atoms with Gasteiger partial charge >= 0.3 is 0 Å². The summed E-state index contributed by atoms with van der Waals surface area (Å²) in [6.07, 6.45) is 1.50. The number of hydrogen-bond acceptors (Lipinski definition) is 3. The third-order valence-electron chi connectivity index (χ3n) is 2.94. The minimum atomic E-state index is 0.222. The number of hydrogen-bond donors (Lipinski definition) is 1. The smallest absolute Gasteiger partial charge is 0.222 e. The molecule has 88 valence electrons. The summed E-state index contributed by atoms with van der Waals surface area (Å²) in [7, 11) is 0. The number of nitrogens with two attached hydrogens (primary N) is 1. The summed E-state index contributed by atoms with van der Waals surface area (Å²) in [4.78, 5) is 13.8. The number of amides is 1. The fourth-order valence-corrected chi connectivity index (χ4v) is 1.73. The maximum Gasteiger partial charge on any atom is 0.222 e. The lowest BCUT2D eigenvalue weighted by atomic mass is 10.1. The first-order chi connectivity index (χ1) is 7.15. The van der Waals surface area contributed by atoms with Crippen molar-refractivity contribution >= 4 is 5.91 Å². The van der Waals surface area contributed by atoms with Gasteiger partial charge in [0.2, 0.25) is 5.91 Å². The first kappa shape index (κ1) is 12.5. The number of ether oxygens (including phenoxy) is 1. The average molecular weight is 214 g/mol. The van der Waals surface area contributed by atoms with Gasteiger partial charge in [-0.15, -0.1) is 0 Å². The van der Waals surface area contributed by atoms with Crippen molar-refractivity contribution in [3.8, 4) is 0 Å². The molecule has 1 aliphatic rings. The highest BCUT2D eigenvalue weighted by molar-refractivity contribution is 5.76. The van der Waals surface area contributed by atoms with Crippen LogP contribution < -0.4 is 5.73 Å². The van der Waals surface area contributed by atoms with Gasteiger partial charge in [0, 0.05) is 13.0 Å². The van der Waals surface area contributed by atoms with Gasteiger partial charge in [-0.25, -0.2) is 0 Å². The molecule has 0 aromatic rings. The van der Waals surface area contributed by atoms with Crippen LogP contribution >= 0.6 is 0 Å². The second-order valence-corrected chi connectivity index (χ2v) is 4.39. The molecule has 1 saturated heterocycles. The van der Waals surface area contributed by atoms with E-state index in [-0.39, 0.29) is 11.9 Å². The zero-order valence-electron chi connectivity index (χ0n) is 9.74. The van der Waals surface area contributed by atoms with Gasteiger partial charge in [0.05, 0.1) is 19.3 Å². The standard InChI is InChI=1S/C11H22N2O2/c1-9(7-12)3-4-11(14)13-5-6-15-8-10(13)2/h9-10H,3-8,12H2,1-2H3/t9?,10-/m1/s1. The molecule has 2 atom stereocenters. The van der Waals surface area contributed by atoms with Gasteiger partial charge < -0.3 is 15.4 Å². The van der Waals surface area contributed by atoms with Crippen LogP contribution in [-0.4, -0.2) is 43.2 Å². The van der Waals surface area contributed by atoms with Crippen LogP contribution in [0.5, 0.6) is 0 Å². The van der Waals surface area contributed by atoms with E-state index in [1.165, 1.54) is 0 Å². The highest BCUT2D eigenvalue weighted by Gasteiger charge is 2.23. The van der Waals surface area contributed by atoms with E-state index < -0.39 is 0 Å². The van der Waals surface area contributed by atoms with Crippen LogP contribution in [-0.2, 0) is 9.53 Å². The molecule has 0 aliphatic carbocycles. The van der Waals surface area contributed by atoms with E-state index in [4.69, 9.17) is 10.5 Å². The predicted molar refractivity (Wildman–Crippen MR) is 59.4 cm³/mol. The second-order valence-electron chi connectivity index (χ2n) is 4.39. The molecule has 4 heteroatoms. The maximum absolute atomic E-state index is 11.9. The molecule has 0 saturated carbocycles.